The van der Waals surface area contributed by atoms with Gasteiger partial charge in [-0.15, -0.1) is 0 Å². The molecule has 0 aliphatic rings. The fourth-order valence-electron chi connectivity index (χ4n) is 2.68. The predicted octanol–water partition coefficient (Wildman–Crippen LogP) is 4.08. The van der Waals surface area contributed by atoms with Crippen molar-refractivity contribution in [1.82, 2.24) is 9.97 Å². The van der Waals surface area contributed by atoms with E-state index in [2.05, 4.69) is 26.7 Å². The molecule has 2 N–H and O–H groups in total. The topological polar surface area (TPSA) is 90.7 Å². The van der Waals surface area contributed by atoms with Crippen LogP contribution in [0.4, 0.5) is 11.5 Å². The summed E-state index contributed by atoms with van der Waals surface area (Å²) in [5.41, 5.74) is 2.20. The number of aromatic nitrogens is 2. The summed E-state index contributed by atoms with van der Waals surface area (Å²) in [6.07, 6.45) is 0. The summed E-state index contributed by atoms with van der Waals surface area (Å²) in [6, 6.07) is 20.5. The molecule has 0 fully saturated rings. The highest BCUT2D eigenvalue weighted by Crippen LogP contribution is 2.19. The lowest BCUT2D eigenvalue weighted by Gasteiger charge is -2.16. The molecule has 0 spiro atoms. The first-order valence-corrected chi connectivity index (χ1v) is 8.54. The van der Waals surface area contributed by atoms with Crippen LogP contribution >= 0.6 is 0 Å². The zero-order valence-electron chi connectivity index (χ0n) is 15.1. The minimum atomic E-state index is -0.390. The number of carbonyl (C=O) groups excluding carboxylic acids is 1. The molecule has 0 radical (unpaired) electrons. The number of carbonyl (C=O) groups is 1. The third-order valence-corrected chi connectivity index (χ3v) is 4.03. The van der Waals surface area contributed by atoms with Gasteiger partial charge in [0.25, 0.3) is 5.91 Å². The van der Waals surface area contributed by atoms with Crippen LogP contribution in [0.15, 0.2) is 60.7 Å². The predicted molar refractivity (Wildman–Crippen MR) is 104 cm³/mol. The summed E-state index contributed by atoms with van der Waals surface area (Å²) < 4.78 is 0. The molecule has 1 atom stereocenters. The summed E-state index contributed by atoms with van der Waals surface area (Å²) >= 11 is 0. The summed E-state index contributed by atoms with van der Waals surface area (Å²) in [4.78, 5) is 21.2. The van der Waals surface area contributed by atoms with Crippen molar-refractivity contribution in [2.75, 3.05) is 10.6 Å². The minimum absolute atomic E-state index is 0.0238. The molecule has 6 nitrogen and oxygen atoms in total. The Morgan fingerprint density at radius 1 is 1.07 bits per heavy atom. The smallest absolute Gasteiger partial charge is 0.274 e. The van der Waals surface area contributed by atoms with Crippen molar-refractivity contribution in [3.05, 3.63) is 83.3 Å². The normalized spacial score (nSPS) is 11.3. The minimum Gasteiger partial charge on any atom is -0.363 e. The van der Waals surface area contributed by atoms with E-state index in [4.69, 9.17) is 5.26 Å². The molecular weight excluding hydrogens is 338 g/mol. The first-order valence-electron chi connectivity index (χ1n) is 8.54. The zero-order valence-corrected chi connectivity index (χ0v) is 15.1. The second-order valence-electron chi connectivity index (χ2n) is 6.07. The third-order valence-electron chi connectivity index (χ3n) is 4.03. The molecule has 1 heterocycles. The van der Waals surface area contributed by atoms with Gasteiger partial charge in [-0.3, -0.25) is 4.79 Å². The maximum Gasteiger partial charge on any atom is 0.274 e. The molecule has 1 aromatic heterocycles. The second-order valence-corrected chi connectivity index (χ2v) is 6.07. The summed E-state index contributed by atoms with van der Waals surface area (Å²) in [5, 5.41) is 15.2. The number of benzene rings is 2. The lowest BCUT2D eigenvalue weighted by atomic mass is 10.1. The van der Waals surface area contributed by atoms with Gasteiger partial charge < -0.3 is 10.6 Å². The molecule has 1 unspecified atom stereocenters. The van der Waals surface area contributed by atoms with E-state index in [9.17, 15) is 4.79 Å². The number of hydrogen-bond donors (Lipinski definition) is 2. The Morgan fingerprint density at radius 3 is 2.52 bits per heavy atom. The van der Waals surface area contributed by atoms with E-state index in [0.29, 0.717) is 22.9 Å². The van der Waals surface area contributed by atoms with E-state index in [1.54, 1.807) is 37.3 Å². The van der Waals surface area contributed by atoms with Crippen LogP contribution in [0, 0.1) is 18.3 Å². The van der Waals surface area contributed by atoms with Crippen molar-refractivity contribution in [1.29, 1.82) is 5.26 Å². The van der Waals surface area contributed by atoms with Crippen molar-refractivity contribution in [2.24, 2.45) is 0 Å². The van der Waals surface area contributed by atoms with Crippen molar-refractivity contribution < 1.29 is 4.79 Å². The van der Waals surface area contributed by atoms with Crippen LogP contribution in [-0.2, 0) is 0 Å². The Labute approximate surface area is 157 Å². The van der Waals surface area contributed by atoms with Gasteiger partial charge in [0, 0.05) is 12.1 Å². The zero-order chi connectivity index (χ0) is 19.2. The summed E-state index contributed by atoms with van der Waals surface area (Å²) in [6.45, 7) is 3.76. The molecule has 27 heavy (non-hydrogen) atoms. The van der Waals surface area contributed by atoms with Crippen molar-refractivity contribution in [3.8, 4) is 6.07 Å². The molecule has 0 saturated carbocycles. The number of amides is 1. The fraction of sp³-hybridized carbons (Fsp3) is 0.143. The maximum absolute atomic E-state index is 12.6. The van der Waals surface area contributed by atoms with Gasteiger partial charge in [-0.1, -0.05) is 42.5 Å². The number of anilines is 2. The van der Waals surface area contributed by atoms with E-state index < -0.39 is 5.91 Å². The van der Waals surface area contributed by atoms with Crippen LogP contribution in [0.5, 0.6) is 0 Å². The fourth-order valence-corrected chi connectivity index (χ4v) is 2.68. The van der Waals surface area contributed by atoms with Crippen LogP contribution in [0.3, 0.4) is 0 Å². The highest BCUT2D eigenvalue weighted by molar-refractivity contribution is 6.03. The molecule has 3 aromatic rings. The van der Waals surface area contributed by atoms with Gasteiger partial charge in [-0.05, 0) is 31.5 Å². The molecule has 3 rings (SSSR count). The van der Waals surface area contributed by atoms with Crippen LogP contribution in [0.1, 0.15) is 40.4 Å². The average molecular weight is 357 g/mol. The number of nitrogens with one attached hydrogen (secondary N) is 2. The van der Waals surface area contributed by atoms with Crippen LogP contribution in [0.2, 0.25) is 0 Å². The van der Waals surface area contributed by atoms with E-state index in [-0.39, 0.29) is 11.7 Å². The second kappa shape index (κ2) is 8.11. The highest BCUT2D eigenvalue weighted by Gasteiger charge is 2.14. The van der Waals surface area contributed by atoms with Crippen molar-refractivity contribution in [3.63, 3.8) is 0 Å². The van der Waals surface area contributed by atoms with Gasteiger partial charge in [0.2, 0.25) is 0 Å². The third kappa shape index (κ3) is 4.47. The Balaban J connectivity index is 1.80. The van der Waals surface area contributed by atoms with Crippen LogP contribution in [-0.4, -0.2) is 15.9 Å². The number of hydrogen-bond acceptors (Lipinski definition) is 5. The Hall–Kier alpha value is -3.72. The van der Waals surface area contributed by atoms with Crippen molar-refractivity contribution >= 4 is 17.4 Å². The Bertz CT molecular complexity index is 995. The van der Waals surface area contributed by atoms with E-state index in [0.717, 1.165) is 5.56 Å². The summed E-state index contributed by atoms with van der Waals surface area (Å²) in [7, 11) is 0. The van der Waals surface area contributed by atoms with Gasteiger partial charge in [-0.25, -0.2) is 9.97 Å². The van der Waals surface area contributed by atoms with E-state index in [1.807, 2.05) is 37.3 Å². The number of nitriles is 1. The number of rotatable bonds is 5. The lowest BCUT2D eigenvalue weighted by Crippen LogP contribution is -2.17. The first kappa shape index (κ1) is 18.1. The quantitative estimate of drug-likeness (QED) is 0.718. The van der Waals surface area contributed by atoms with E-state index in [1.165, 1.54) is 0 Å². The number of nitrogens with zero attached hydrogens (tertiary/aromatic N) is 3. The Morgan fingerprint density at radius 2 is 1.78 bits per heavy atom. The van der Waals surface area contributed by atoms with Gasteiger partial charge in [0.15, 0.2) is 0 Å². The number of para-hydroxylation sites is 1. The largest absolute Gasteiger partial charge is 0.363 e. The van der Waals surface area contributed by atoms with Gasteiger partial charge >= 0.3 is 0 Å². The summed E-state index contributed by atoms with van der Waals surface area (Å²) in [5.74, 6) is 0.662. The van der Waals surface area contributed by atoms with Gasteiger partial charge in [-0.2, -0.15) is 5.26 Å². The van der Waals surface area contributed by atoms with E-state index >= 15 is 0 Å². The average Bonchev–Trinajstić information content (AvgIpc) is 2.68. The number of aryl methyl sites for hydroxylation is 1. The first-order chi connectivity index (χ1) is 13.1. The van der Waals surface area contributed by atoms with Gasteiger partial charge in [0.1, 0.15) is 23.4 Å². The molecule has 0 bridgehead atoms. The molecule has 0 aliphatic heterocycles. The molecule has 0 saturated heterocycles. The standard InChI is InChI=1S/C21H19N5O/c1-14(16-8-4-3-5-9-16)23-20-12-19(24-15(2)25-20)21(27)26-18-11-7-6-10-17(18)13-22/h3-12,14H,1-2H3,(H,26,27)(H,23,24,25). The van der Waals surface area contributed by atoms with Crippen molar-refractivity contribution in [2.45, 2.75) is 19.9 Å². The maximum atomic E-state index is 12.6. The lowest BCUT2D eigenvalue weighted by molar-refractivity contribution is 0.102. The molecule has 6 heteroatoms. The molecule has 2 aromatic carbocycles. The van der Waals surface area contributed by atoms with Gasteiger partial charge in [0.05, 0.1) is 11.3 Å². The SMILES string of the molecule is Cc1nc(NC(C)c2ccccc2)cc(C(=O)Nc2ccccc2C#N)n1. The van der Waals surface area contributed by atoms with Crippen LogP contribution < -0.4 is 10.6 Å². The Kier molecular flexibility index (Phi) is 5.43. The molecule has 1 amide bonds. The molecule has 134 valence electrons. The molecule has 0 aliphatic carbocycles. The molecular formula is C21H19N5O. The highest BCUT2D eigenvalue weighted by atomic mass is 16.1. The monoisotopic (exact) mass is 357 g/mol. The van der Waals surface area contributed by atoms with Crippen LogP contribution in [0.25, 0.3) is 0 Å².